The average Bonchev–Trinajstić information content (AvgIpc) is 2.39. The molecule has 1 aromatic carbocycles. The van der Waals surface area contributed by atoms with E-state index in [1.807, 2.05) is 37.3 Å². The Kier molecular flexibility index (Phi) is 6.83. The summed E-state index contributed by atoms with van der Waals surface area (Å²) in [4.78, 5) is 13.7. The number of benzene rings is 1. The lowest BCUT2D eigenvalue weighted by atomic mass is 10.1. The monoisotopic (exact) mass is 267 g/mol. The van der Waals surface area contributed by atoms with E-state index in [0.717, 1.165) is 5.56 Å². The highest BCUT2D eigenvalue weighted by molar-refractivity contribution is 7.81. The number of carbonyl (C=O) groups is 1. The van der Waals surface area contributed by atoms with Gasteiger partial charge in [-0.25, -0.2) is 0 Å². The average molecular weight is 267 g/mol. The van der Waals surface area contributed by atoms with Crippen molar-refractivity contribution in [3.05, 3.63) is 35.9 Å². The fraction of sp³-hybridized carbons (Fsp3) is 0.500. The van der Waals surface area contributed by atoms with Crippen LogP contribution in [-0.2, 0) is 16.0 Å². The molecule has 0 bridgehead atoms. The van der Waals surface area contributed by atoms with Crippen LogP contribution >= 0.6 is 12.6 Å². The zero-order valence-corrected chi connectivity index (χ0v) is 11.9. The van der Waals surface area contributed by atoms with Crippen LogP contribution in [-0.4, -0.2) is 42.9 Å². The summed E-state index contributed by atoms with van der Waals surface area (Å²) in [5, 5.41) is -0.293. The Bertz CT molecular complexity index is 356. The number of ether oxygens (including phenoxy) is 1. The minimum Gasteiger partial charge on any atom is -0.380 e. The highest BCUT2D eigenvalue weighted by Gasteiger charge is 2.18. The highest BCUT2D eigenvalue weighted by atomic mass is 32.1. The van der Waals surface area contributed by atoms with Gasteiger partial charge in [0, 0.05) is 20.2 Å². The van der Waals surface area contributed by atoms with Crippen molar-refractivity contribution in [3.8, 4) is 0 Å². The third kappa shape index (κ3) is 5.10. The molecule has 100 valence electrons. The van der Waals surface area contributed by atoms with E-state index < -0.39 is 0 Å². The molecule has 1 unspecified atom stereocenters. The first kappa shape index (κ1) is 15.1. The molecule has 3 nitrogen and oxygen atoms in total. The van der Waals surface area contributed by atoms with E-state index in [2.05, 4.69) is 12.6 Å². The van der Waals surface area contributed by atoms with Crippen molar-refractivity contribution >= 4 is 18.5 Å². The van der Waals surface area contributed by atoms with Crippen LogP contribution in [0.4, 0.5) is 0 Å². The first-order valence-electron chi connectivity index (χ1n) is 6.19. The second-order valence-electron chi connectivity index (χ2n) is 4.16. The van der Waals surface area contributed by atoms with E-state index in [4.69, 9.17) is 4.74 Å². The normalized spacial score (nSPS) is 12.2. The molecule has 0 spiro atoms. The molecule has 0 aliphatic rings. The Morgan fingerprint density at radius 3 is 2.67 bits per heavy atom. The van der Waals surface area contributed by atoms with Crippen molar-refractivity contribution in [2.75, 3.05) is 26.8 Å². The van der Waals surface area contributed by atoms with Gasteiger partial charge in [0.05, 0.1) is 11.9 Å². The van der Waals surface area contributed by atoms with Gasteiger partial charge in [-0.3, -0.25) is 4.79 Å². The van der Waals surface area contributed by atoms with Gasteiger partial charge in [0.25, 0.3) is 0 Å². The summed E-state index contributed by atoms with van der Waals surface area (Å²) in [5.41, 5.74) is 1.13. The Hall–Kier alpha value is -1.00. The molecule has 0 radical (unpaired) electrons. The predicted molar refractivity (Wildman–Crippen MR) is 77.1 cm³/mol. The van der Waals surface area contributed by atoms with Crippen molar-refractivity contribution < 1.29 is 9.53 Å². The molecule has 0 aliphatic carbocycles. The molecule has 0 aromatic heterocycles. The van der Waals surface area contributed by atoms with Crippen LogP contribution in [0.1, 0.15) is 12.5 Å². The Morgan fingerprint density at radius 2 is 2.06 bits per heavy atom. The number of hydrogen-bond donors (Lipinski definition) is 1. The summed E-state index contributed by atoms with van der Waals surface area (Å²) in [6, 6.07) is 9.93. The molecule has 0 saturated heterocycles. The minimum absolute atomic E-state index is 0.0434. The van der Waals surface area contributed by atoms with E-state index in [-0.39, 0.29) is 11.2 Å². The first-order valence-corrected chi connectivity index (χ1v) is 6.71. The number of rotatable bonds is 7. The fourth-order valence-corrected chi connectivity index (χ4v) is 2.04. The van der Waals surface area contributed by atoms with Crippen LogP contribution in [0.5, 0.6) is 0 Å². The number of nitrogens with zero attached hydrogens (tertiary/aromatic N) is 1. The first-order chi connectivity index (χ1) is 8.65. The van der Waals surface area contributed by atoms with Crippen LogP contribution in [0.3, 0.4) is 0 Å². The largest absolute Gasteiger partial charge is 0.380 e. The SMILES string of the molecule is CCOCCN(C)C(=O)C(S)Cc1ccccc1. The number of likely N-dealkylation sites (N-methyl/N-ethyl adjacent to an activating group) is 1. The van der Waals surface area contributed by atoms with Crippen LogP contribution in [0.25, 0.3) is 0 Å². The summed E-state index contributed by atoms with van der Waals surface area (Å²) in [5.74, 6) is 0.0434. The van der Waals surface area contributed by atoms with Gasteiger partial charge >= 0.3 is 0 Å². The maximum absolute atomic E-state index is 12.0. The molecular weight excluding hydrogens is 246 g/mol. The van der Waals surface area contributed by atoms with Crippen LogP contribution in [0.15, 0.2) is 30.3 Å². The molecule has 0 fully saturated rings. The molecular formula is C14H21NO2S. The summed E-state index contributed by atoms with van der Waals surface area (Å²) < 4.78 is 5.23. The maximum atomic E-state index is 12.0. The van der Waals surface area contributed by atoms with Crippen LogP contribution < -0.4 is 0 Å². The Labute approximate surface area is 115 Å². The molecule has 0 N–H and O–H groups in total. The molecule has 0 saturated carbocycles. The minimum atomic E-state index is -0.293. The maximum Gasteiger partial charge on any atom is 0.235 e. The molecule has 0 aliphatic heterocycles. The number of carbonyl (C=O) groups excluding carboxylic acids is 1. The molecule has 1 atom stereocenters. The van der Waals surface area contributed by atoms with E-state index >= 15 is 0 Å². The van der Waals surface area contributed by atoms with Crippen LogP contribution in [0.2, 0.25) is 0 Å². The summed E-state index contributed by atoms with van der Waals surface area (Å²) in [6.07, 6.45) is 0.655. The molecule has 0 heterocycles. The van der Waals surface area contributed by atoms with Gasteiger partial charge in [-0.2, -0.15) is 12.6 Å². The highest BCUT2D eigenvalue weighted by Crippen LogP contribution is 2.10. The fourth-order valence-electron chi connectivity index (χ4n) is 1.64. The lowest BCUT2D eigenvalue weighted by Crippen LogP contribution is -2.36. The van der Waals surface area contributed by atoms with E-state index in [0.29, 0.717) is 26.2 Å². The third-order valence-electron chi connectivity index (χ3n) is 2.71. The summed E-state index contributed by atoms with van der Waals surface area (Å²) >= 11 is 4.39. The van der Waals surface area contributed by atoms with Gasteiger partial charge in [-0.05, 0) is 18.9 Å². The Balaban J connectivity index is 2.41. The second kappa shape index (κ2) is 8.16. The van der Waals surface area contributed by atoms with Gasteiger partial charge in [0.15, 0.2) is 0 Å². The van der Waals surface area contributed by atoms with E-state index in [1.54, 1.807) is 11.9 Å². The molecule has 4 heteroatoms. The van der Waals surface area contributed by atoms with E-state index in [1.165, 1.54) is 0 Å². The Morgan fingerprint density at radius 1 is 1.39 bits per heavy atom. The summed E-state index contributed by atoms with van der Waals surface area (Å²) in [7, 11) is 1.79. The lowest BCUT2D eigenvalue weighted by Gasteiger charge is -2.20. The van der Waals surface area contributed by atoms with Crippen molar-refractivity contribution in [1.82, 2.24) is 4.90 Å². The zero-order chi connectivity index (χ0) is 13.4. The third-order valence-corrected chi connectivity index (χ3v) is 3.11. The molecule has 18 heavy (non-hydrogen) atoms. The van der Waals surface area contributed by atoms with Crippen LogP contribution in [0, 0.1) is 0 Å². The van der Waals surface area contributed by atoms with Gasteiger partial charge in [-0.1, -0.05) is 30.3 Å². The second-order valence-corrected chi connectivity index (χ2v) is 4.79. The smallest absolute Gasteiger partial charge is 0.235 e. The lowest BCUT2D eigenvalue weighted by molar-refractivity contribution is -0.129. The quantitative estimate of drug-likeness (QED) is 0.605. The van der Waals surface area contributed by atoms with Crippen molar-refractivity contribution in [2.24, 2.45) is 0 Å². The topological polar surface area (TPSA) is 29.5 Å². The zero-order valence-electron chi connectivity index (χ0n) is 11.0. The van der Waals surface area contributed by atoms with Gasteiger partial charge in [-0.15, -0.1) is 0 Å². The molecule has 1 aromatic rings. The van der Waals surface area contributed by atoms with Crippen molar-refractivity contribution in [2.45, 2.75) is 18.6 Å². The van der Waals surface area contributed by atoms with Crippen molar-refractivity contribution in [1.29, 1.82) is 0 Å². The number of hydrogen-bond acceptors (Lipinski definition) is 3. The summed E-state index contributed by atoms with van der Waals surface area (Å²) in [6.45, 7) is 3.80. The van der Waals surface area contributed by atoms with Gasteiger partial charge in [0.1, 0.15) is 0 Å². The molecule has 1 amide bonds. The standard InChI is InChI=1S/C14H21NO2S/c1-3-17-10-9-15(2)14(16)13(18)11-12-7-5-4-6-8-12/h4-8,13,18H,3,9-11H2,1-2H3. The molecule has 1 rings (SSSR count). The number of amides is 1. The van der Waals surface area contributed by atoms with Gasteiger partial charge < -0.3 is 9.64 Å². The van der Waals surface area contributed by atoms with Gasteiger partial charge in [0.2, 0.25) is 5.91 Å². The predicted octanol–water partition coefficient (Wildman–Crippen LogP) is 2.02. The van der Waals surface area contributed by atoms with Crippen molar-refractivity contribution in [3.63, 3.8) is 0 Å². The number of thiol groups is 1. The van der Waals surface area contributed by atoms with E-state index in [9.17, 15) is 4.79 Å².